The molecule has 0 aromatic rings. The molecule has 0 amide bonds. The first-order valence-corrected chi connectivity index (χ1v) is 7.46. The number of allylic oxidation sites excluding steroid dienone is 1. The molecule has 0 aliphatic heterocycles. The number of ether oxygens (including phenoxy) is 1. The van der Waals surface area contributed by atoms with Gasteiger partial charge in [0.05, 0.1) is 5.60 Å². The highest BCUT2D eigenvalue weighted by atomic mass is 19.4. The molecule has 2 saturated carbocycles. The molecule has 2 fully saturated rings. The van der Waals surface area contributed by atoms with Gasteiger partial charge in [0.15, 0.2) is 0 Å². The molecule has 22 heavy (non-hydrogen) atoms. The summed E-state index contributed by atoms with van der Waals surface area (Å²) in [6, 6.07) is 0. The Kier molecular flexibility index (Phi) is 5.71. The minimum absolute atomic E-state index is 0.383. The SMILES string of the molecule is C=C(C)C(F)(F)F.CC1CC2CC(C)(O)CC(OC=O)(C1)C2. The van der Waals surface area contributed by atoms with Gasteiger partial charge in [0.2, 0.25) is 0 Å². The van der Waals surface area contributed by atoms with Crippen molar-refractivity contribution in [3.8, 4) is 0 Å². The van der Waals surface area contributed by atoms with Crippen LogP contribution in [0.1, 0.15) is 52.9 Å². The van der Waals surface area contributed by atoms with Crippen molar-refractivity contribution < 1.29 is 27.8 Å². The Hall–Kier alpha value is -1.04. The Bertz CT molecular complexity index is 413. The first kappa shape index (κ1) is 19.0. The van der Waals surface area contributed by atoms with Crippen molar-refractivity contribution in [3.05, 3.63) is 12.2 Å². The van der Waals surface area contributed by atoms with E-state index in [1.165, 1.54) is 0 Å². The third-order valence-electron chi connectivity index (χ3n) is 4.33. The Balaban J connectivity index is 0.000000295. The number of hydrogen-bond acceptors (Lipinski definition) is 3. The second kappa shape index (κ2) is 6.60. The molecule has 0 aromatic carbocycles. The van der Waals surface area contributed by atoms with Crippen LogP contribution < -0.4 is 0 Å². The van der Waals surface area contributed by atoms with Gasteiger partial charge in [-0.05, 0) is 51.4 Å². The zero-order chi connectivity index (χ0) is 17.2. The number of carbonyl (C=O) groups is 1. The molecule has 0 saturated heterocycles. The molecule has 0 heterocycles. The standard InChI is InChI=1S/C12H20O3.C4H5F3/c1-9-3-10-5-11(2,14)7-12(4-9,6-10)15-8-13;1-3(2)4(5,6)7/h8-10,14H,3-7H2,1-2H3;1H2,2H3. The molecule has 2 bridgehead atoms. The lowest BCUT2D eigenvalue weighted by atomic mass is 9.61. The third kappa shape index (κ3) is 5.30. The van der Waals surface area contributed by atoms with Gasteiger partial charge in [0.1, 0.15) is 5.60 Å². The van der Waals surface area contributed by atoms with Crippen molar-refractivity contribution in [1.29, 1.82) is 0 Å². The summed E-state index contributed by atoms with van der Waals surface area (Å²) in [5.41, 5.74) is -1.80. The quantitative estimate of drug-likeness (QED) is 0.617. The number of halogens is 3. The molecule has 128 valence electrons. The van der Waals surface area contributed by atoms with Crippen molar-refractivity contribution in [1.82, 2.24) is 0 Å². The summed E-state index contributed by atoms with van der Waals surface area (Å²) in [5, 5.41) is 10.2. The number of rotatable bonds is 2. The molecular formula is C16H25F3O3. The second-order valence-corrected chi connectivity index (χ2v) is 7.17. The van der Waals surface area contributed by atoms with Gasteiger partial charge in [-0.1, -0.05) is 13.5 Å². The molecule has 4 unspecified atom stereocenters. The first-order valence-electron chi connectivity index (χ1n) is 7.46. The van der Waals surface area contributed by atoms with Crippen molar-refractivity contribution >= 4 is 6.47 Å². The van der Waals surface area contributed by atoms with Crippen molar-refractivity contribution in [2.45, 2.75) is 70.3 Å². The van der Waals surface area contributed by atoms with Crippen LogP contribution in [0.5, 0.6) is 0 Å². The van der Waals surface area contributed by atoms with Crippen LogP contribution >= 0.6 is 0 Å². The molecule has 0 aromatic heterocycles. The largest absolute Gasteiger partial charge is 0.461 e. The topological polar surface area (TPSA) is 46.5 Å². The molecule has 1 N–H and O–H groups in total. The van der Waals surface area contributed by atoms with Gasteiger partial charge in [-0.3, -0.25) is 4.79 Å². The van der Waals surface area contributed by atoms with Crippen molar-refractivity contribution in [2.24, 2.45) is 11.8 Å². The van der Waals surface area contributed by atoms with Crippen molar-refractivity contribution in [2.75, 3.05) is 0 Å². The van der Waals surface area contributed by atoms with E-state index in [1.807, 2.05) is 6.92 Å². The summed E-state index contributed by atoms with van der Waals surface area (Å²) < 4.78 is 38.5. The average Bonchev–Trinajstić information content (AvgIpc) is 2.23. The number of hydrogen-bond donors (Lipinski definition) is 1. The van der Waals surface area contributed by atoms with E-state index in [4.69, 9.17) is 4.74 Å². The minimum atomic E-state index is -4.19. The fourth-order valence-corrected chi connectivity index (χ4v) is 3.91. The van der Waals surface area contributed by atoms with E-state index >= 15 is 0 Å². The molecule has 6 heteroatoms. The van der Waals surface area contributed by atoms with Gasteiger partial charge in [-0.15, -0.1) is 0 Å². The number of fused-ring (bicyclic) bond motifs is 2. The fourth-order valence-electron chi connectivity index (χ4n) is 3.91. The minimum Gasteiger partial charge on any atom is -0.461 e. The van der Waals surface area contributed by atoms with Crippen LogP contribution in [-0.4, -0.2) is 29.0 Å². The maximum absolute atomic E-state index is 11.1. The Labute approximate surface area is 129 Å². The highest BCUT2D eigenvalue weighted by Gasteiger charge is 2.50. The summed E-state index contributed by atoms with van der Waals surface area (Å²) >= 11 is 0. The molecule has 4 atom stereocenters. The first-order chi connectivity index (χ1) is 9.89. The number of aliphatic hydroxyl groups is 1. The van der Waals surface area contributed by atoms with Crippen LogP contribution in [0.2, 0.25) is 0 Å². The molecule has 2 rings (SSSR count). The van der Waals surface area contributed by atoms with E-state index in [0.29, 0.717) is 24.7 Å². The Morgan fingerprint density at radius 1 is 1.36 bits per heavy atom. The maximum Gasteiger partial charge on any atom is 0.411 e. The second-order valence-electron chi connectivity index (χ2n) is 7.17. The molecule has 2 aliphatic carbocycles. The molecule has 2 aliphatic rings. The summed E-state index contributed by atoms with van der Waals surface area (Å²) in [5.74, 6) is 1.11. The van der Waals surface area contributed by atoms with E-state index in [2.05, 4.69) is 13.5 Å². The molecule has 0 radical (unpaired) electrons. The summed E-state index contributed by atoms with van der Waals surface area (Å²) in [7, 11) is 0. The van der Waals surface area contributed by atoms with Gasteiger partial charge in [0.25, 0.3) is 6.47 Å². The van der Waals surface area contributed by atoms with Crippen LogP contribution in [0.25, 0.3) is 0 Å². The van der Waals surface area contributed by atoms with E-state index in [9.17, 15) is 23.1 Å². The van der Waals surface area contributed by atoms with Crippen LogP contribution in [0.3, 0.4) is 0 Å². The molecule has 3 nitrogen and oxygen atoms in total. The van der Waals surface area contributed by atoms with Crippen molar-refractivity contribution in [3.63, 3.8) is 0 Å². The lowest BCUT2D eigenvalue weighted by Gasteiger charge is -2.51. The van der Waals surface area contributed by atoms with Gasteiger partial charge in [-0.2, -0.15) is 13.2 Å². The lowest BCUT2D eigenvalue weighted by molar-refractivity contribution is -0.176. The van der Waals surface area contributed by atoms with E-state index < -0.39 is 17.4 Å². The molecule has 0 spiro atoms. The van der Waals surface area contributed by atoms with Crippen LogP contribution in [-0.2, 0) is 9.53 Å². The summed E-state index contributed by atoms with van der Waals surface area (Å²) in [6.07, 6.45) is 0.242. The normalized spacial score (nSPS) is 37.6. The predicted molar refractivity (Wildman–Crippen MR) is 77.1 cm³/mol. The Morgan fingerprint density at radius 3 is 2.36 bits per heavy atom. The summed E-state index contributed by atoms with van der Waals surface area (Å²) in [4.78, 5) is 10.6. The highest BCUT2D eigenvalue weighted by molar-refractivity contribution is 5.38. The monoisotopic (exact) mass is 322 g/mol. The highest BCUT2D eigenvalue weighted by Crippen LogP contribution is 2.50. The smallest absolute Gasteiger partial charge is 0.411 e. The number of alkyl halides is 3. The van der Waals surface area contributed by atoms with E-state index in [0.717, 1.165) is 32.6 Å². The fraction of sp³-hybridized carbons (Fsp3) is 0.812. The zero-order valence-electron chi connectivity index (χ0n) is 13.4. The molecular weight excluding hydrogens is 297 g/mol. The van der Waals surface area contributed by atoms with Gasteiger partial charge in [0, 0.05) is 12.0 Å². The maximum atomic E-state index is 11.1. The predicted octanol–water partition coefficient (Wildman–Crippen LogP) is 4.00. The van der Waals surface area contributed by atoms with Gasteiger partial charge >= 0.3 is 6.18 Å². The van der Waals surface area contributed by atoms with Crippen LogP contribution in [0, 0.1) is 11.8 Å². The van der Waals surface area contributed by atoms with Gasteiger partial charge < -0.3 is 9.84 Å². The third-order valence-corrected chi connectivity index (χ3v) is 4.33. The van der Waals surface area contributed by atoms with E-state index in [-0.39, 0.29) is 5.60 Å². The lowest BCUT2D eigenvalue weighted by Crippen LogP contribution is -2.52. The van der Waals surface area contributed by atoms with E-state index in [1.54, 1.807) is 0 Å². The Morgan fingerprint density at radius 2 is 1.91 bits per heavy atom. The number of carbonyl (C=O) groups excluding carboxylic acids is 1. The zero-order valence-corrected chi connectivity index (χ0v) is 13.4. The average molecular weight is 322 g/mol. The summed E-state index contributed by atoms with van der Waals surface area (Å²) in [6.45, 7) is 8.25. The van der Waals surface area contributed by atoms with Gasteiger partial charge in [-0.25, -0.2) is 0 Å². The van der Waals surface area contributed by atoms with Crippen LogP contribution in [0.4, 0.5) is 13.2 Å². The van der Waals surface area contributed by atoms with Crippen LogP contribution in [0.15, 0.2) is 12.2 Å².